The second kappa shape index (κ2) is 6.75. The Bertz CT molecular complexity index is 544. The molecule has 1 amide bonds. The number of hydrogen-bond acceptors (Lipinski definition) is 5. The minimum Gasteiger partial charge on any atom is -0.494 e. The van der Waals surface area contributed by atoms with Crippen LogP contribution in [0.1, 0.15) is 0 Å². The number of thioether (sulfide) groups is 1. The maximum absolute atomic E-state index is 13.3. The second-order valence-electron chi connectivity index (χ2n) is 5.40. The predicted molar refractivity (Wildman–Crippen MR) is 86.0 cm³/mol. The van der Waals surface area contributed by atoms with E-state index in [-0.39, 0.29) is 17.8 Å². The van der Waals surface area contributed by atoms with Gasteiger partial charge in [0.1, 0.15) is 11.6 Å². The summed E-state index contributed by atoms with van der Waals surface area (Å²) in [4.78, 5) is 16.4. The monoisotopic (exact) mass is 325 g/mol. The van der Waals surface area contributed by atoms with Crippen molar-refractivity contribution in [1.29, 1.82) is 0 Å². The Morgan fingerprint density at radius 1 is 1.36 bits per heavy atom. The van der Waals surface area contributed by atoms with Crippen LogP contribution in [0, 0.1) is 5.82 Å². The lowest BCUT2D eigenvalue weighted by Crippen LogP contribution is -2.53. The van der Waals surface area contributed by atoms with Crippen LogP contribution in [0.2, 0.25) is 0 Å². The van der Waals surface area contributed by atoms with E-state index in [1.54, 1.807) is 24.9 Å². The number of carbonyl (C=O) groups is 1. The third-order valence-corrected chi connectivity index (χ3v) is 5.03. The summed E-state index contributed by atoms with van der Waals surface area (Å²) in [7, 11) is 1.54. The molecule has 7 heteroatoms. The van der Waals surface area contributed by atoms with E-state index in [0.717, 1.165) is 30.4 Å². The van der Waals surface area contributed by atoms with Crippen LogP contribution < -0.4 is 15.0 Å². The molecule has 2 fully saturated rings. The first-order valence-electron chi connectivity index (χ1n) is 7.37. The fourth-order valence-electron chi connectivity index (χ4n) is 2.85. The Hall–Kier alpha value is -1.47. The maximum Gasteiger partial charge on any atom is 0.240 e. The summed E-state index contributed by atoms with van der Waals surface area (Å²) in [6.07, 6.45) is 0. The topological polar surface area (TPSA) is 44.8 Å². The van der Waals surface area contributed by atoms with E-state index in [9.17, 15) is 9.18 Å². The number of rotatable bonds is 3. The summed E-state index contributed by atoms with van der Waals surface area (Å²) in [5.41, 5.74) is 0.880. The van der Waals surface area contributed by atoms with E-state index < -0.39 is 0 Å². The van der Waals surface area contributed by atoms with E-state index >= 15 is 0 Å². The van der Waals surface area contributed by atoms with Gasteiger partial charge >= 0.3 is 0 Å². The first-order valence-corrected chi connectivity index (χ1v) is 8.53. The number of nitrogens with one attached hydrogen (secondary N) is 1. The third-order valence-electron chi connectivity index (χ3n) is 4.09. The second-order valence-corrected chi connectivity index (χ2v) is 6.43. The van der Waals surface area contributed by atoms with E-state index in [2.05, 4.69) is 10.2 Å². The zero-order valence-corrected chi connectivity index (χ0v) is 13.4. The number of halogens is 1. The highest BCUT2D eigenvalue weighted by Crippen LogP contribution is 2.29. The van der Waals surface area contributed by atoms with E-state index in [4.69, 9.17) is 4.74 Å². The average Bonchev–Trinajstić information content (AvgIpc) is 3.08. The molecule has 1 N–H and O–H groups in total. The number of carbonyl (C=O) groups excluding carboxylic acids is 1. The molecule has 1 atom stereocenters. The average molecular weight is 325 g/mol. The molecule has 2 aliphatic rings. The summed E-state index contributed by atoms with van der Waals surface area (Å²) in [5.74, 6) is 2.12. The maximum atomic E-state index is 13.3. The number of nitrogens with zero attached hydrogens (tertiary/aromatic N) is 2. The van der Waals surface area contributed by atoms with Gasteiger partial charge in [-0.3, -0.25) is 10.1 Å². The van der Waals surface area contributed by atoms with Crippen LogP contribution >= 0.6 is 11.8 Å². The SMILES string of the molecule is COc1cc(F)ccc1N1CCN(C(=O)C2CSCN2)CC1. The quantitative estimate of drug-likeness (QED) is 0.903. The first-order chi connectivity index (χ1) is 10.7. The molecule has 1 unspecified atom stereocenters. The number of amides is 1. The van der Waals surface area contributed by atoms with Crippen LogP contribution in [0.15, 0.2) is 18.2 Å². The lowest BCUT2D eigenvalue weighted by Gasteiger charge is -2.37. The van der Waals surface area contributed by atoms with E-state index in [0.29, 0.717) is 18.8 Å². The van der Waals surface area contributed by atoms with Crippen LogP contribution in [-0.4, -0.2) is 61.8 Å². The van der Waals surface area contributed by atoms with Crippen molar-refractivity contribution in [2.45, 2.75) is 6.04 Å². The highest BCUT2D eigenvalue weighted by molar-refractivity contribution is 7.99. The number of hydrogen-bond donors (Lipinski definition) is 1. The number of methoxy groups -OCH3 is 1. The van der Waals surface area contributed by atoms with Crippen molar-refractivity contribution in [3.63, 3.8) is 0 Å². The van der Waals surface area contributed by atoms with Crippen LogP contribution in [0.5, 0.6) is 5.75 Å². The number of benzene rings is 1. The lowest BCUT2D eigenvalue weighted by molar-refractivity contribution is -0.132. The molecule has 2 heterocycles. The lowest BCUT2D eigenvalue weighted by atomic mass is 10.2. The molecule has 0 bridgehead atoms. The Labute approximate surface area is 133 Å². The Kier molecular flexibility index (Phi) is 4.73. The molecule has 3 rings (SSSR count). The number of anilines is 1. The van der Waals surface area contributed by atoms with E-state index in [1.807, 2.05) is 4.90 Å². The fourth-order valence-corrected chi connectivity index (χ4v) is 3.79. The molecule has 0 saturated carbocycles. The molecule has 0 radical (unpaired) electrons. The normalized spacial score (nSPS) is 22.0. The molecule has 2 saturated heterocycles. The molecule has 120 valence electrons. The van der Waals surface area contributed by atoms with Crippen LogP contribution in [0.25, 0.3) is 0 Å². The van der Waals surface area contributed by atoms with Gasteiger partial charge in [-0.1, -0.05) is 0 Å². The highest BCUT2D eigenvalue weighted by Gasteiger charge is 2.30. The molecule has 5 nitrogen and oxygen atoms in total. The van der Waals surface area contributed by atoms with Gasteiger partial charge in [-0.05, 0) is 12.1 Å². The summed E-state index contributed by atoms with van der Waals surface area (Å²) < 4.78 is 18.5. The van der Waals surface area contributed by atoms with Gasteiger partial charge in [0.25, 0.3) is 0 Å². The Morgan fingerprint density at radius 2 is 2.14 bits per heavy atom. The van der Waals surface area contributed by atoms with Crippen molar-refractivity contribution >= 4 is 23.4 Å². The zero-order chi connectivity index (χ0) is 15.5. The van der Waals surface area contributed by atoms with Gasteiger partial charge in [-0.2, -0.15) is 0 Å². The third kappa shape index (κ3) is 3.15. The molecule has 0 aromatic heterocycles. The minimum atomic E-state index is -0.306. The Balaban J connectivity index is 1.63. The van der Waals surface area contributed by atoms with Gasteiger partial charge in [0.05, 0.1) is 18.8 Å². The van der Waals surface area contributed by atoms with Gasteiger partial charge < -0.3 is 14.5 Å². The van der Waals surface area contributed by atoms with E-state index in [1.165, 1.54) is 12.1 Å². The van der Waals surface area contributed by atoms with Crippen molar-refractivity contribution in [2.75, 3.05) is 49.8 Å². The summed E-state index contributed by atoms with van der Waals surface area (Å²) in [6.45, 7) is 2.83. The number of piperazine rings is 1. The molecular formula is C15H20FN3O2S. The standard InChI is InChI=1S/C15H20FN3O2S/c1-21-14-8-11(16)2-3-13(14)18-4-6-19(7-5-18)15(20)12-9-22-10-17-12/h2-3,8,12,17H,4-7,9-10H2,1H3. The van der Waals surface area contributed by atoms with Crippen LogP contribution in [-0.2, 0) is 4.79 Å². The van der Waals surface area contributed by atoms with Crippen molar-refractivity contribution in [1.82, 2.24) is 10.2 Å². The fraction of sp³-hybridized carbons (Fsp3) is 0.533. The van der Waals surface area contributed by atoms with Gasteiger partial charge in [-0.15, -0.1) is 11.8 Å². The van der Waals surface area contributed by atoms with Crippen molar-refractivity contribution in [2.24, 2.45) is 0 Å². The summed E-state index contributed by atoms with van der Waals surface area (Å²) in [5, 5.41) is 3.22. The van der Waals surface area contributed by atoms with Gasteiger partial charge in [-0.25, -0.2) is 4.39 Å². The van der Waals surface area contributed by atoms with Crippen LogP contribution in [0.3, 0.4) is 0 Å². The molecule has 0 aliphatic carbocycles. The Morgan fingerprint density at radius 3 is 2.77 bits per heavy atom. The largest absolute Gasteiger partial charge is 0.494 e. The van der Waals surface area contributed by atoms with Crippen molar-refractivity contribution in [3.8, 4) is 5.75 Å². The van der Waals surface area contributed by atoms with Crippen molar-refractivity contribution in [3.05, 3.63) is 24.0 Å². The van der Waals surface area contributed by atoms with Gasteiger partial charge in [0.2, 0.25) is 5.91 Å². The highest BCUT2D eigenvalue weighted by atomic mass is 32.2. The molecule has 1 aromatic rings. The minimum absolute atomic E-state index is 0.0445. The smallest absolute Gasteiger partial charge is 0.240 e. The van der Waals surface area contributed by atoms with Gasteiger partial charge in [0, 0.05) is 43.9 Å². The van der Waals surface area contributed by atoms with Crippen molar-refractivity contribution < 1.29 is 13.9 Å². The molecular weight excluding hydrogens is 305 g/mol. The molecule has 2 aliphatic heterocycles. The molecule has 1 aromatic carbocycles. The zero-order valence-electron chi connectivity index (χ0n) is 12.5. The summed E-state index contributed by atoms with van der Waals surface area (Å²) >= 11 is 1.76. The first kappa shape index (κ1) is 15.4. The van der Waals surface area contributed by atoms with Gasteiger partial charge in [0.15, 0.2) is 0 Å². The summed E-state index contributed by atoms with van der Waals surface area (Å²) in [6, 6.07) is 4.53. The number of ether oxygens (including phenoxy) is 1. The molecule has 0 spiro atoms. The van der Waals surface area contributed by atoms with Crippen LogP contribution in [0.4, 0.5) is 10.1 Å². The predicted octanol–water partition coefficient (Wildman–Crippen LogP) is 1.15. The molecule has 22 heavy (non-hydrogen) atoms.